The third-order valence-electron chi connectivity index (χ3n) is 5.15. The van der Waals surface area contributed by atoms with E-state index in [2.05, 4.69) is 88.4 Å². The topological polar surface area (TPSA) is 39.7 Å². The van der Waals surface area contributed by atoms with Gasteiger partial charge in [0, 0.05) is 48.7 Å². The quantitative estimate of drug-likeness (QED) is 0.333. The highest BCUT2D eigenvalue weighted by atomic mass is 127. The minimum absolute atomic E-state index is 0. The maximum Gasteiger partial charge on any atom is 0.191 e. The molecule has 2 N–H and O–H groups in total. The standard InChI is InChI=1S/C20H33BrN4.HI/c1-15(2)25-12-10-18(11-13-25)24-19(22-5)23-14-20(3,4)16-6-8-17(21)9-7-16;/h6-9,15,18H,10-14H2,1-5H3,(H2,22,23,24);1H. The van der Waals surface area contributed by atoms with Crippen LogP contribution in [-0.2, 0) is 5.41 Å². The number of benzene rings is 1. The van der Waals surface area contributed by atoms with E-state index >= 15 is 0 Å². The third-order valence-corrected chi connectivity index (χ3v) is 5.68. The number of piperidine rings is 1. The molecule has 0 atom stereocenters. The minimum atomic E-state index is 0. The molecule has 4 nitrogen and oxygen atoms in total. The lowest BCUT2D eigenvalue weighted by molar-refractivity contribution is 0.167. The second-order valence-corrected chi connectivity index (χ2v) is 8.78. The second kappa shape index (κ2) is 10.9. The predicted molar refractivity (Wildman–Crippen MR) is 127 cm³/mol. The molecule has 26 heavy (non-hydrogen) atoms. The van der Waals surface area contributed by atoms with Crippen molar-refractivity contribution >= 4 is 45.9 Å². The molecule has 1 aliphatic heterocycles. The van der Waals surface area contributed by atoms with Crippen molar-refractivity contribution in [2.45, 2.75) is 58.0 Å². The van der Waals surface area contributed by atoms with E-state index in [0.717, 1.165) is 30.1 Å². The van der Waals surface area contributed by atoms with Gasteiger partial charge in [0.05, 0.1) is 0 Å². The summed E-state index contributed by atoms with van der Waals surface area (Å²) in [4.78, 5) is 6.97. The first-order valence-corrected chi connectivity index (χ1v) is 10.1. The average Bonchev–Trinajstić information content (AvgIpc) is 2.59. The van der Waals surface area contributed by atoms with Crippen LogP contribution in [0.1, 0.15) is 46.1 Å². The molecule has 1 aromatic carbocycles. The smallest absolute Gasteiger partial charge is 0.191 e. The molecule has 1 aliphatic rings. The first-order chi connectivity index (χ1) is 11.8. The lowest BCUT2D eigenvalue weighted by atomic mass is 9.85. The number of hydrogen-bond acceptors (Lipinski definition) is 2. The van der Waals surface area contributed by atoms with Crippen molar-refractivity contribution in [3.05, 3.63) is 34.3 Å². The maximum absolute atomic E-state index is 4.42. The Kier molecular flexibility index (Phi) is 9.90. The van der Waals surface area contributed by atoms with Crippen molar-refractivity contribution in [2.75, 3.05) is 26.7 Å². The zero-order valence-electron chi connectivity index (χ0n) is 16.7. The van der Waals surface area contributed by atoms with E-state index in [1.54, 1.807) is 0 Å². The number of guanidine groups is 1. The number of aliphatic imine (C=N–C) groups is 1. The molecule has 1 heterocycles. The number of nitrogens with zero attached hydrogens (tertiary/aromatic N) is 2. The summed E-state index contributed by atoms with van der Waals surface area (Å²) in [6, 6.07) is 9.73. The third kappa shape index (κ3) is 7.00. The first-order valence-electron chi connectivity index (χ1n) is 9.29. The SMILES string of the molecule is CN=C(NCC(C)(C)c1ccc(Br)cc1)NC1CCN(C(C)C)CC1.I. The predicted octanol–water partition coefficient (Wildman–Crippen LogP) is 4.38. The molecular formula is C20H34BrIN4. The molecule has 0 aromatic heterocycles. The van der Waals surface area contributed by atoms with Gasteiger partial charge < -0.3 is 15.5 Å². The van der Waals surface area contributed by atoms with Crippen LogP contribution in [0.4, 0.5) is 0 Å². The molecule has 0 saturated carbocycles. The van der Waals surface area contributed by atoms with Gasteiger partial charge in [0.2, 0.25) is 0 Å². The number of nitrogens with one attached hydrogen (secondary N) is 2. The van der Waals surface area contributed by atoms with E-state index in [4.69, 9.17) is 0 Å². The van der Waals surface area contributed by atoms with Crippen LogP contribution in [0.25, 0.3) is 0 Å². The average molecular weight is 537 g/mol. The highest BCUT2D eigenvalue weighted by Gasteiger charge is 2.23. The first kappa shape index (κ1) is 23.7. The molecule has 0 aliphatic carbocycles. The van der Waals surface area contributed by atoms with Crippen molar-refractivity contribution in [3.8, 4) is 0 Å². The molecule has 0 unspecified atom stereocenters. The van der Waals surface area contributed by atoms with Crippen molar-refractivity contribution < 1.29 is 0 Å². The Balaban J connectivity index is 0.00000338. The van der Waals surface area contributed by atoms with E-state index in [0.29, 0.717) is 12.1 Å². The highest BCUT2D eigenvalue weighted by Crippen LogP contribution is 2.24. The van der Waals surface area contributed by atoms with Crippen molar-refractivity contribution in [2.24, 2.45) is 4.99 Å². The molecular weight excluding hydrogens is 503 g/mol. The Labute approximate surface area is 184 Å². The zero-order valence-corrected chi connectivity index (χ0v) is 20.6. The van der Waals surface area contributed by atoms with E-state index in [1.165, 1.54) is 18.4 Å². The highest BCUT2D eigenvalue weighted by molar-refractivity contribution is 14.0. The summed E-state index contributed by atoms with van der Waals surface area (Å²) in [6.45, 7) is 12.2. The van der Waals surface area contributed by atoms with E-state index < -0.39 is 0 Å². The molecule has 0 amide bonds. The summed E-state index contributed by atoms with van der Waals surface area (Å²) < 4.78 is 1.12. The zero-order chi connectivity index (χ0) is 18.4. The fourth-order valence-corrected chi connectivity index (χ4v) is 3.52. The Hall–Kier alpha value is -0.340. The monoisotopic (exact) mass is 536 g/mol. The summed E-state index contributed by atoms with van der Waals surface area (Å²) in [6.07, 6.45) is 2.35. The van der Waals surface area contributed by atoms with Gasteiger partial charge in [-0.05, 0) is 44.4 Å². The van der Waals surface area contributed by atoms with Crippen LogP contribution in [0.5, 0.6) is 0 Å². The Morgan fingerprint density at radius 2 is 1.81 bits per heavy atom. The molecule has 6 heteroatoms. The van der Waals surface area contributed by atoms with Crippen LogP contribution in [0.15, 0.2) is 33.7 Å². The Morgan fingerprint density at radius 3 is 2.31 bits per heavy atom. The van der Waals surface area contributed by atoms with Crippen LogP contribution in [0.3, 0.4) is 0 Å². The molecule has 0 spiro atoms. The summed E-state index contributed by atoms with van der Waals surface area (Å²) in [5, 5.41) is 7.12. The molecule has 1 aromatic rings. The molecule has 1 fully saturated rings. The summed E-state index contributed by atoms with van der Waals surface area (Å²) >= 11 is 3.51. The normalized spacial score (nSPS) is 17.1. The fraction of sp³-hybridized carbons (Fsp3) is 0.650. The van der Waals surface area contributed by atoms with Gasteiger partial charge in [-0.25, -0.2) is 0 Å². The van der Waals surface area contributed by atoms with Gasteiger partial charge in [-0.1, -0.05) is 41.9 Å². The van der Waals surface area contributed by atoms with Gasteiger partial charge in [0.1, 0.15) is 0 Å². The lowest BCUT2D eigenvalue weighted by Gasteiger charge is -2.35. The molecule has 2 rings (SSSR count). The second-order valence-electron chi connectivity index (χ2n) is 7.86. The largest absolute Gasteiger partial charge is 0.356 e. The van der Waals surface area contributed by atoms with Gasteiger partial charge in [-0.15, -0.1) is 24.0 Å². The van der Waals surface area contributed by atoms with Gasteiger partial charge in [-0.3, -0.25) is 4.99 Å². The van der Waals surface area contributed by atoms with Crippen LogP contribution < -0.4 is 10.6 Å². The van der Waals surface area contributed by atoms with Gasteiger partial charge >= 0.3 is 0 Å². The number of halogens is 2. The van der Waals surface area contributed by atoms with Crippen molar-refractivity contribution in [3.63, 3.8) is 0 Å². The molecule has 0 bridgehead atoms. The number of likely N-dealkylation sites (tertiary alicyclic amines) is 1. The van der Waals surface area contributed by atoms with E-state index in [1.807, 2.05) is 7.05 Å². The Bertz CT molecular complexity index is 564. The van der Waals surface area contributed by atoms with Gasteiger partial charge in [-0.2, -0.15) is 0 Å². The van der Waals surface area contributed by atoms with Gasteiger partial charge in [0.15, 0.2) is 5.96 Å². The van der Waals surface area contributed by atoms with Crippen LogP contribution in [-0.4, -0.2) is 49.6 Å². The number of rotatable bonds is 5. The van der Waals surface area contributed by atoms with E-state index in [-0.39, 0.29) is 29.4 Å². The van der Waals surface area contributed by atoms with Crippen molar-refractivity contribution in [1.29, 1.82) is 0 Å². The fourth-order valence-electron chi connectivity index (χ4n) is 3.26. The van der Waals surface area contributed by atoms with Crippen molar-refractivity contribution in [1.82, 2.24) is 15.5 Å². The molecule has 148 valence electrons. The maximum atomic E-state index is 4.42. The van der Waals surface area contributed by atoms with Crippen LogP contribution in [0.2, 0.25) is 0 Å². The minimum Gasteiger partial charge on any atom is -0.356 e. The van der Waals surface area contributed by atoms with E-state index in [9.17, 15) is 0 Å². The summed E-state index contributed by atoms with van der Waals surface area (Å²) in [5.41, 5.74) is 1.36. The Morgan fingerprint density at radius 1 is 1.23 bits per heavy atom. The molecule has 1 saturated heterocycles. The lowest BCUT2D eigenvalue weighted by Crippen LogP contribution is -2.51. The molecule has 0 radical (unpaired) electrons. The van der Waals surface area contributed by atoms with Crippen LogP contribution >= 0.6 is 39.9 Å². The van der Waals surface area contributed by atoms with Crippen LogP contribution in [0, 0.1) is 0 Å². The number of hydrogen-bond donors (Lipinski definition) is 2. The summed E-state index contributed by atoms with van der Waals surface area (Å²) in [7, 11) is 1.85. The van der Waals surface area contributed by atoms with Gasteiger partial charge in [0.25, 0.3) is 0 Å². The summed E-state index contributed by atoms with van der Waals surface area (Å²) in [5.74, 6) is 0.910.